The monoisotopic (exact) mass is 351 g/mol. The predicted molar refractivity (Wildman–Crippen MR) is 85.3 cm³/mol. The Morgan fingerprint density at radius 1 is 1.04 bits per heavy atom. The first-order valence-electron chi connectivity index (χ1n) is 7.55. The molecular formula is C18H16F3NO3. The first-order valence-corrected chi connectivity index (χ1v) is 7.55. The van der Waals surface area contributed by atoms with Crippen molar-refractivity contribution in [1.29, 1.82) is 0 Å². The summed E-state index contributed by atoms with van der Waals surface area (Å²) in [6.45, 7) is 1.34. The van der Waals surface area contributed by atoms with Crippen LogP contribution in [0, 0.1) is 17.5 Å². The second-order valence-electron chi connectivity index (χ2n) is 5.37. The van der Waals surface area contributed by atoms with E-state index in [2.05, 4.69) is 5.32 Å². The van der Waals surface area contributed by atoms with Crippen LogP contribution in [0.3, 0.4) is 0 Å². The van der Waals surface area contributed by atoms with Crippen molar-refractivity contribution in [3.8, 4) is 0 Å². The fourth-order valence-corrected chi connectivity index (χ4v) is 2.03. The van der Waals surface area contributed by atoms with Gasteiger partial charge in [-0.3, -0.25) is 9.59 Å². The minimum atomic E-state index is -1.15. The molecule has 25 heavy (non-hydrogen) atoms. The van der Waals surface area contributed by atoms with E-state index in [1.165, 1.54) is 19.1 Å². The van der Waals surface area contributed by atoms with Crippen LogP contribution in [-0.2, 0) is 20.7 Å². The van der Waals surface area contributed by atoms with Crippen molar-refractivity contribution in [1.82, 2.24) is 0 Å². The molecule has 0 saturated heterocycles. The van der Waals surface area contributed by atoms with Crippen molar-refractivity contribution in [2.45, 2.75) is 25.9 Å². The molecule has 0 unspecified atom stereocenters. The van der Waals surface area contributed by atoms with Crippen LogP contribution in [0.2, 0.25) is 0 Å². The predicted octanol–water partition coefficient (Wildman–Crippen LogP) is 3.61. The molecule has 1 N–H and O–H groups in total. The molecule has 2 aromatic rings. The maximum absolute atomic E-state index is 13.5. The maximum Gasteiger partial charge on any atom is 0.306 e. The number of anilines is 1. The summed E-state index contributed by atoms with van der Waals surface area (Å²) < 4.78 is 44.1. The van der Waals surface area contributed by atoms with Crippen molar-refractivity contribution in [3.05, 3.63) is 65.5 Å². The summed E-state index contributed by atoms with van der Waals surface area (Å²) in [7, 11) is 0. The number of ether oxygens (including phenoxy) is 1. The Balaban J connectivity index is 1.83. The van der Waals surface area contributed by atoms with Crippen molar-refractivity contribution in [2.75, 3.05) is 5.32 Å². The smallest absolute Gasteiger partial charge is 0.306 e. The lowest BCUT2D eigenvalue weighted by Gasteiger charge is -2.14. The lowest BCUT2D eigenvalue weighted by Crippen LogP contribution is -2.30. The Hall–Kier alpha value is -2.83. The second-order valence-corrected chi connectivity index (χ2v) is 5.37. The van der Waals surface area contributed by atoms with Gasteiger partial charge in [0.25, 0.3) is 5.91 Å². The molecule has 0 heterocycles. The number of halogens is 3. The van der Waals surface area contributed by atoms with Crippen LogP contribution in [-0.4, -0.2) is 18.0 Å². The zero-order valence-corrected chi connectivity index (χ0v) is 13.4. The summed E-state index contributed by atoms with van der Waals surface area (Å²) in [4.78, 5) is 23.7. The van der Waals surface area contributed by atoms with Gasteiger partial charge in [0, 0.05) is 12.5 Å². The fraction of sp³-hybridized carbons (Fsp3) is 0.222. The zero-order chi connectivity index (χ0) is 18.4. The van der Waals surface area contributed by atoms with Gasteiger partial charge in [0.1, 0.15) is 17.5 Å². The van der Waals surface area contributed by atoms with Gasteiger partial charge >= 0.3 is 5.97 Å². The van der Waals surface area contributed by atoms with Crippen LogP contribution in [0.5, 0.6) is 0 Å². The molecule has 0 aliphatic heterocycles. The molecule has 0 radical (unpaired) electrons. The molecule has 2 aromatic carbocycles. The van der Waals surface area contributed by atoms with E-state index >= 15 is 0 Å². The highest BCUT2D eigenvalue weighted by Crippen LogP contribution is 2.15. The molecule has 0 aromatic heterocycles. The molecule has 4 nitrogen and oxygen atoms in total. The quantitative estimate of drug-likeness (QED) is 0.809. The Morgan fingerprint density at radius 2 is 1.68 bits per heavy atom. The standard InChI is InChI=1S/C18H16F3NO3/c1-11(18(24)22-16-8-7-14(20)10-15(16)21)25-17(23)9-4-12-2-5-13(19)6-3-12/h2-3,5-8,10-11H,4,9H2,1H3,(H,22,24)/t11-/m0/s1. The minimum Gasteiger partial charge on any atom is -0.453 e. The van der Waals surface area contributed by atoms with E-state index in [9.17, 15) is 22.8 Å². The summed E-state index contributed by atoms with van der Waals surface area (Å²) in [5.74, 6) is -3.42. The normalized spacial score (nSPS) is 11.7. The highest BCUT2D eigenvalue weighted by molar-refractivity contribution is 5.95. The third kappa shape index (κ3) is 5.63. The topological polar surface area (TPSA) is 55.4 Å². The first kappa shape index (κ1) is 18.5. The Morgan fingerprint density at radius 3 is 2.32 bits per heavy atom. The molecule has 0 spiro atoms. The summed E-state index contributed by atoms with van der Waals surface area (Å²) in [5, 5.41) is 2.22. The van der Waals surface area contributed by atoms with E-state index in [0.717, 1.165) is 17.7 Å². The molecule has 132 valence electrons. The lowest BCUT2D eigenvalue weighted by molar-refractivity contribution is -0.153. The fourth-order valence-electron chi connectivity index (χ4n) is 2.03. The summed E-state index contributed by atoms with van der Waals surface area (Å²) in [6, 6.07) is 8.38. The van der Waals surface area contributed by atoms with E-state index in [0.29, 0.717) is 12.5 Å². The summed E-state index contributed by atoms with van der Waals surface area (Å²) in [6.07, 6.45) is -0.807. The second kappa shape index (κ2) is 8.32. The van der Waals surface area contributed by atoms with Gasteiger partial charge in [-0.1, -0.05) is 12.1 Å². The Kier molecular flexibility index (Phi) is 6.16. The van der Waals surface area contributed by atoms with Gasteiger partial charge in [-0.15, -0.1) is 0 Å². The molecule has 2 rings (SSSR count). The van der Waals surface area contributed by atoms with Crippen molar-refractivity contribution in [2.24, 2.45) is 0 Å². The van der Waals surface area contributed by atoms with Gasteiger partial charge in [0.05, 0.1) is 5.69 Å². The van der Waals surface area contributed by atoms with Crippen LogP contribution in [0.1, 0.15) is 18.9 Å². The van der Waals surface area contributed by atoms with E-state index in [-0.39, 0.29) is 17.9 Å². The minimum absolute atomic E-state index is 0.00810. The number of esters is 1. The van der Waals surface area contributed by atoms with Gasteiger partial charge in [-0.05, 0) is 43.2 Å². The van der Waals surface area contributed by atoms with E-state index in [1.807, 2.05) is 0 Å². The molecular weight excluding hydrogens is 335 g/mol. The first-order chi connectivity index (χ1) is 11.8. The van der Waals surface area contributed by atoms with Gasteiger partial charge in [0.15, 0.2) is 6.10 Å². The highest BCUT2D eigenvalue weighted by atomic mass is 19.1. The molecule has 1 amide bonds. The van der Waals surface area contributed by atoms with Gasteiger partial charge < -0.3 is 10.1 Å². The lowest BCUT2D eigenvalue weighted by atomic mass is 10.1. The summed E-state index contributed by atoms with van der Waals surface area (Å²) in [5.41, 5.74) is 0.546. The number of hydrogen-bond donors (Lipinski definition) is 1. The molecule has 0 aliphatic rings. The number of rotatable bonds is 6. The van der Waals surface area contributed by atoms with Crippen molar-refractivity contribution < 1.29 is 27.5 Å². The average Bonchev–Trinajstić information content (AvgIpc) is 2.56. The number of aryl methyl sites for hydroxylation is 1. The third-order valence-electron chi connectivity index (χ3n) is 3.40. The number of benzene rings is 2. The average molecular weight is 351 g/mol. The molecule has 0 saturated carbocycles. The molecule has 7 heteroatoms. The zero-order valence-electron chi connectivity index (χ0n) is 13.4. The SMILES string of the molecule is C[C@H](OC(=O)CCc1ccc(F)cc1)C(=O)Nc1ccc(F)cc1F. The Labute approximate surface area is 142 Å². The number of carbonyl (C=O) groups is 2. The van der Waals surface area contributed by atoms with Crippen molar-refractivity contribution in [3.63, 3.8) is 0 Å². The van der Waals surface area contributed by atoms with Gasteiger partial charge in [0.2, 0.25) is 0 Å². The number of nitrogens with one attached hydrogen (secondary N) is 1. The van der Waals surface area contributed by atoms with Crippen LogP contribution in [0.4, 0.5) is 18.9 Å². The van der Waals surface area contributed by atoms with Crippen LogP contribution < -0.4 is 5.32 Å². The highest BCUT2D eigenvalue weighted by Gasteiger charge is 2.19. The van der Waals surface area contributed by atoms with Gasteiger partial charge in [-0.2, -0.15) is 0 Å². The molecule has 0 aliphatic carbocycles. The van der Waals surface area contributed by atoms with E-state index in [1.54, 1.807) is 12.1 Å². The largest absolute Gasteiger partial charge is 0.453 e. The number of amides is 1. The number of carbonyl (C=O) groups excluding carboxylic acids is 2. The van der Waals surface area contributed by atoms with Crippen LogP contribution in [0.15, 0.2) is 42.5 Å². The molecule has 0 bridgehead atoms. The van der Waals surface area contributed by atoms with Crippen LogP contribution in [0.25, 0.3) is 0 Å². The van der Waals surface area contributed by atoms with Crippen LogP contribution >= 0.6 is 0 Å². The van der Waals surface area contributed by atoms with Crippen molar-refractivity contribution >= 4 is 17.6 Å². The third-order valence-corrected chi connectivity index (χ3v) is 3.40. The number of hydrogen-bond acceptors (Lipinski definition) is 3. The van der Waals surface area contributed by atoms with E-state index < -0.39 is 29.6 Å². The molecule has 0 fully saturated rings. The summed E-state index contributed by atoms with van der Waals surface area (Å²) >= 11 is 0. The molecule has 1 atom stereocenters. The maximum atomic E-state index is 13.5. The van der Waals surface area contributed by atoms with E-state index in [4.69, 9.17) is 4.74 Å². The Bertz CT molecular complexity index is 763. The van der Waals surface area contributed by atoms with Gasteiger partial charge in [-0.25, -0.2) is 13.2 Å².